The monoisotopic (exact) mass is 364 g/mol. The van der Waals surface area contributed by atoms with Crippen molar-refractivity contribution >= 4 is 32.2 Å². The van der Waals surface area contributed by atoms with Gasteiger partial charge in [0.2, 0.25) is 0 Å². The molecule has 130 valence electrons. The van der Waals surface area contributed by atoms with Gasteiger partial charge in [0.25, 0.3) is 0 Å². The molecular formula is C13H16BN5O5P+. The van der Waals surface area contributed by atoms with Crippen LogP contribution in [0.1, 0.15) is 12.6 Å². The molecule has 12 heteroatoms. The van der Waals surface area contributed by atoms with E-state index in [2.05, 4.69) is 19.5 Å². The van der Waals surface area contributed by atoms with E-state index in [1.165, 1.54) is 7.11 Å². The van der Waals surface area contributed by atoms with Crippen molar-refractivity contribution in [3.63, 3.8) is 0 Å². The van der Waals surface area contributed by atoms with Crippen molar-refractivity contribution in [3.05, 3.63) is 25.0 Å². The summed E-state index contributed by atoms with van der Waals surface area (Å²) in [6.07, 6.45) is 5.05. The summed E-state index contributed by atoms with van der Waals surface area (Å²) in [5.41, 5.74) is 1.85. The maximum Gasteiger partial charge on any atom is 0.488 e. The zero-order valence-electron chi connectivity index (χ0n) is 13.3. The Balaban J connectivity index is 1.57. The second kappa shape index (κ2) is 6.28. The van der Waals surface area contributed by atoms with Crippen molar-refractivity contribution in [2.75, 3.05) is 13.7 Å². The molecular weight excluding hydrogens is 348 g/mol. The van der Waals surface area contributed by atoms with Crippen molar-refractivity contribution in [1.82, 2.24) is 23.9 Å². The lowest BCUT2D eigenvalue weighted by molar-refractivity contribution is -0.0472. The topological polar surface area (TPSA) is 116 Å². The van der Waals surface area contributed by atoms with Gasteiger partial charge in [-0.2, -0.15) is 9.05 Å². The number of imidazole rings is 2. The molecule has 0 aromatic carbocycles. The van der Waals surface area contributed by atoms with Crippen molar-refractivity contribution in [1.29, 1.82) is 0 Å². The number of hydrogen-bond donors (Lipinski definition) is 2. The minimum atomic E-state index is -3.34. The third kappa shape index (κ3) is 3.03. The zero-order valence-corrected chi connectivity index (χ0v) is 14.2. The molecule has 1 unspecified atom stereocenters. The molecule has 4 rings (SSSR count). The number of nitrogens with zero attached hydrogens (tertiary/aromatic N) is 5. The molecule has 0 bridgehead atoms. The molecule has 1 saturated heterocycles. The van der Waals surface area contributed by atoms with E-state index < -0.39 is 26.3 Å². The molecule has 4 atom stereocenters. The zero-order chi connectivity index (χ0) is 17.6. The average Bonchev–Trinajstić information content (AvgIpc) is 3.29. The van der Waals surface area contributed by atoms with Crippen LogP contribution < -0.4 is 0 Å². The number of fused-ring (bicyclic) bond motifs is 3. The molecule has 3 aromatic heterocycles. The highest BCUT2D eigenvalue weighted by atomic mass is 31.2. The molecule has 0 saturated carbocycles. The van der Waals surface area contributed by atoms with E-state index in [0.717, 1.165) is 0 Å². The maximum atomic E-state index is 10.4. The first-order valence-corrected chi connectivity index (χ1v) is 9.21. The number of aromatic nitrogens is 5. The van der Waals surface area contributed by atoms with E-state index >= 15 is 0 Å². The predicted molar refractivity (Wildman–Crippen MR) is 88.7 cm³/mol. The molecule has 2 radical (unpaired) electrons. The van der Waals surface area contributed by atoms with Gasteiger partial charge in [-0.3, -0.25) is 8.97 Å². The third-order valence-electron chi connectivity index (χ3n) is 4.10. The van der Waals surface area contributed by atoms with Gasteiger partial charge in [0.15, 0.2) is 23.0 Å². The lowest BCUT2D eigenvalue weighted by Gasteiger charge is -2.17. The average molecular weight is 364 g/mol. The van der Waals surface area contributed by atoms with Crippen LogP contribution in [0, 0.1) is 0 Å². The van der Waals surface area contributed by atoms with E-state index in [9.17, 15) is 10.00 Å². The van der Waals surface area contributed by atoms with Crippen LogP contribution in [0.25, 0.3) is 16.8 Å². The highest BCUT2D eigenvalue weighted by molar-refractivity contribution is 7.85. The van der Waals surface area contributed by atoms with Crippen LogP contribution in [0.3, 0.4) is 0 Å². The van der Waals surface area contributed by atoms with Gasteiger partial charge in [0.05, 0.1) is 19.5 Å². The first-order chi connectivity index (χ1) is 12.0. The third-order valence-corrected chi connectivity index (χ3v) is 5.14. The summed E-state index contributed by atoms with van der Waals surface area (Å²) in [4.78, 5) is 22.6. The summed E-state index contributed by atoms with van der Waals surface area (Å²) in [6, 6.07) is 0. The minimum Gasteiger partial charge on any atom is -0.388 e. The van der Waals surface area contributed by atoms with Gasteiger partial charge in [-0.1, -0.05) is 0 Å². The molecule has 1 aliphatic rings. The Hall–Kier alpha value is -1.62. The van der Waals surface area contributed by atoms with Crippen molar-refractivity contribution in [2.24, 2.45) is 0 Å². The van der Waals surface area contributed by atoms with Crippen LogP contribution in [0.2, 0.25) is 0 Å². The van der Waals surface area contributed by atoms with E-state index in [0.29, 0.717) is 23.2 Å². The van der Waals surface area contributed by atoms with E-state index in [-0.39, 0.29) is 6.61 Å². The SMILES string of the molecule is [B][P+](O)(OC)OC[C@@H]1C[C@H](O)[C@H](n2cnc3c2ncn2ccnc32)O1. The van der Waals surface area contributed by atoms with E-state index in [1.807, 2.05) is 0 Å². The summed E-state index contributed by atoms with van der Waals surface area (Å²) in [5, 5.41) is 10.4. The summed E-state index contributed by atoms with van der Waals surface area (Å²) in [6.45, 7) is 0.00669. The number of ether oxygens (including phenoxy) is 1. The van der Waals surface area contributed by atoms with Gasteiger partial charge in [-0.25, -0.2) is 19.8 Å². The fourth-order valence-electron chi connectivity index (χ4n) is 2.86. The Morgan fingerprint density at radius 2 is 2.20 bits per heavy atom. The van der Waals surface area contributed by atoms with Crippen LogP contribution in [0.5, 0.6) is 0 Å². The number of aliphatic hydroxyl groups excluding tert-OH is 1. The molecule has 0 aliphatic carbocycles. The van der Waals surface area contributed by atoms with Crippen LogP contribution in [0.4, 0.5) is 0 Å². The normalized spacial score (nSPS) is 26.4. The Bertz CT molecular complexity index is 901. The molecule has 1 fully saturated rings. The van der Waals surface area contributed by atoms with Gasteiger partial charge in [0, 0.05) is 18.8 Å². The Morgan fingerprint density at radius 1 is 1.36 bits per heavy atom. The molecule has 3 aromatic rings. The largest absolute Gasteiger partial charge is 0.488 e. The lowest BCUT2D eigenvalue weighted by atomic mass is 10.2. The Labute approximate surface area is 144 Å². The van der Waals surface area contributed by atoms with Gasteiger partial charge >= 0.3 is 15.4 Å². The number of hydrogen-bond acceptors (Lipinski definition) is 8. The lowest BCUT2D eigenvalue weighted by Crippen LogP contribution is -2.19. The van der Waals surface area contributed by atoms with Gasteiger partial charge in [-0.15, -0.1) is 0 Å². The smallest absolute Gasteiger partial charge is 0.388 e. The minimum absolute atomic E-state index is 0.00669. The molecule has 25 heavy (non-hydrogen) atoms. The highest BCUT2D eigenvalue weighted by Crippen LogP contribution is 2.51. The van der Waals surface area contributed by atoms with E-state index in [4.69, 9.17) is 16.8 Å². The standard InChI is InChI=1S/C13H16BN5O5P/c1-22-25(14,21)23-5-8-4-9(20)13(24-8)19-7-16-10-11-15-2-3-18(11)6-17-12(10)19/h2-3,6-9,13,20-21H,4-5H2,1H3/q+1/t8-,9-,13+,25?/m0/s1. The summed E-state index contributed by atoms with van der Waals surface area (Å²) < 4.78 is 19.1. The first kappa shape index (κ1) is 16.8. The van der Waals surface area contributed by atoms with Crippen LogP contribution in [-0.4, -0.2) is 67.4 Å². The first-order valence-electron chi connectivity index (χ1n) is 7.57. The predicted octanol–water partition coefficient (Wildman–Crippen LogP) is 0.229. The van der Waals surface area contributed by atoms with Gasteiger partial charge in [-0.05, 0) is 0 Å². The van der Waals surface area contributed by atoms with Crippen molar-refractivity contribution in [3.8, 4) is 0 Å². The van der Waals surface area contributed by atoms with Crippen molar-refractivity contribution in [2.45, 2.75) is 24.9 Å². The van der Waals surface area contributed by atoms with Crippen LogP contribution in [-0.2, 0) is 13.8 Å². The number of aliphatic hydroxyl groups is 1. The summed E-state index contributed by atoms with van der Waals surface area (Å²) >= 11 is 0. The van der Waals surface area contributed by atoms with Crippen LogP contribution >= 0.6 is 7.82 Å². The van der Waals surface area contributed by atoms with Gasteiger partial charge < -0.3 is 9.84 Å². The fourth-order valence-corrected chi connectivity index (χ4v) is 3.35. The summed E-state index contributed by atoms with van der Waals surface area (Å²) in [7, 11) is 3.37. The highest BCUT2D eigenvalue weighted by Gasteiger charge is 2.40. The van der Waals surface area contributed by atoms with Crippen LogP contribution in [0.15, 0.2) is 25.0 Å². The van der Waals surface area contributed by atoms with Gasteiger partial charge in [0.1, 0.15) is 19.0 Å². The Kier molecular flexibility index (Phi) is 4.23. The van der Waals surface area contributed by atoms with E-state index in [1.54, 1.807) is 34.0 Å². The summed E-state index contributed by atoms with van der Waals surface area (Å²) in [5.74, 6) is 0. The fraction of sp³-hybridized carbons (Fsp3) is 0.462. The second-order valence-corrected chi connectivity index (χ2v) is 7.47. The molecule has 10 nitrogen and oxygen atoms in total. The molecule has 2 N–H and O–H groups in total. The van der Waals surface area contributed by atoms with Crippen molar-refractivity contribution < 1.29 is 23.8 Å². The molecule has 1 aliphatic heterocycles. The second-order valence-electron chi connectivity index (χ2n) is 5.72. The molecule has 4 heterocycles. The quantitative estimate of drug-likeness (QED) is 0.488. The molecule has 0 amide bonds. The Morgan fingerprint density at radius 3 is 3.00 bits per heavy atom. The number of rotatable bonds is 5. The maximum absolute atomic E-state index is 10.4. The molecule has 0 spiro atoms.